The van der Waals surface area contributed by atoms with Crippen molar-refractivity contribution in [3.8, 4) is 17.3 Å². The van der Waals surface area contributed by atoms with E-state index < -0.39 is 6.09 Å². The molecule has 0 saturated carbocycles. The van der Waals surface area contributed by atoms with Gasteiger partial charge in [0.05, 0.1) is 28.9 Å². The average molecular weight is 474 g/mol. The highest BCUT2D eigenvalue weighted by atomic mass is 16.5. The Bertz CT molecular complexity index is 1470. The van der Waals surface area contributed by atoms with Gasteiger partial charge >= 0.3 is 6.09 Å². The van der Waals surface area contributed by atoms with Crippen molar-refractivity contribution in [3.63, 3.8) is 0 Å². The molecule has 9 nitrogen and oxygen atoms in total. The summed E-state index contributed by atoms with van der Waals surface area (Å²) in [6.07, 6.45) is 1.36. The molecule has 180 valence electrons. The quantitative estimate of drug-likeness (QED) is 0.471. The minimum absolute atomic E-state index is 0.0993. The topological polar surface area (TPSA) is 102 Å². The number of carboxylic acid groups (broad SMARTS) is 1. The fourth-order valence-corrected chi connectivity index (χ4v) is 5.43. The largest absolute Gasteiger partial charge is 0.491 e. The zero-order valence-electron chi connectivity index (χ0n) is 19.5. The van der Waals surface area contributed by atoms with Crippen molar-refractivity contribution in [2.45, 2.75) is 31.8 Å². The lowest BCUT2D eigenvalue weighted by Gasteiger charge is -2.32. The second-order valence-electron chi connectivity index (χ2n) is 9.31. The maximum atomic E-state index is 13.2. The van der Waals surface area contributed by atoms with Gasteiger partial charge in [0.2, 0.25) is 0 Å². The zero-order chi connectivity index (χ0) is 24.1. The molecule has 1 unspecified atom stereocenters. The van der Waals surface area contributed by atoms with Gasteiger partial charge in [0.1, 0.15) is 5.75 Å². The second kappa shape index (κ2) is 8.33. The molecule has 1 atom stereocenters. The Morgan fingerprint density at radius 3 is 2.89 bits per heavy atom. The Balaban J connectivity index is 1.36. The van der Waals surface area contributed by atoms with Gasteiger partial charge in [-0.3, -0.25) is 4.79 Å². The third kappa shape index (κ3) is 3.67. The molecule has 2 aromatic carbocycles. The highest BCUT2D eigenvalue weighted by Gasteiger charge is 2.26. The number of hydrogen-bond acceptors (Lipinski definition) is 4. The van der Waals surface area contributed by atoms with E-state index in [0.29, 0.717) is 25.3 Å². The van der Waals surface area contributed by atoms with E-state index in [-0.39, 0.29) is 11.9 Å². The minimum atomic E-state index is -1.06. The smallest absolute Gasteiger partial charge is 0.404 e. The number of piperidine rings is 1. The van der Waals surface area contributed by atoms with Crippen LogP contribution in [0.1, 0.15) is 29.6 Å². The first-order valence-corrected chi connectivity index (χ1v) is 12.0. The molecule has 4 heterocycles. The van der Waals surface area contributed by atoms with Crippen LogP contribution in [0.15, 0.2) is 42.5 Å². The number of ether oxygens (including phenoxy) is 1. The van der Waals surface area contributed by atoms with Gasteiger partial charge in [-0.05, 0) is 49.6 Å². The number of carbonyl (C=O) groups excluding carboxylic acids is 1. The van der Waals surface area contributed by atoms with Gasteiger partial charge < -0.3 is 29.2 Å². The summed E-state index contributed by atoms with van der Waals surface area (Å²) < 4.78 is 10.3. The fourth-order valence-electron chi connectivity index (χ4n) is 5.43. The maximum absolute atomic E-state index is 13.2. The van der Waals surface area contributed by atoms with Crippen LogP contribution in [0.2, 0.25) is 0 Å². The minimum Gasteiger partial charge on any atom is -0.491 e. The first-order valence-electron chi connectivity index (χ1n) is 12.0. The summed E-state index contributed by atoms with van der Waals surface area (Å²) in [5, 5.41) is 12.7. The summed E-state index contributed by atoms with van der Waals surface area (Å²) in [4.78, 5) is 30.9. The Kier molecular flexibility index (Phi) is 5.12. The predicted molar refractivity (Wildman–Crippen MR) is 132 cm³/mol. The van der Waals surface area contributed by atoms with Crippen molar-refractivity contribution in [2.24, 2.45) is 7.05 Å². The highest BCUT2D eigenvalue weighted by molar-refractivity contribution is 5.98. The highest BCUT2D eigenvalue weighted by Crippen LogP contribution is 2.36. The van der Waals surface area contributed by atoms with Gasteiger partial charge in [-0.15, -0.1) is 0 Å². The Morgan fingerprint density at radius 2 is 2.03 bits per heavy atom. The third-order valence-electron chi connectivity index (χ3n) is 7.06. The van der Waals surface area contributed by atoms with E-state index in [1.807, 2.05) is 37.4 Å². The fraction of sp³-hybridized carbons (Fsp3) is 0.346. The summed E-state index contributed by atoms with van der Waals surface area (Å²) in [7, 11) is 2.00. The van der Waals surface area contributed by atoms with Crippen LogP contribution in [0.3, 0.4) is 0 Å². The van der Waals surface area contributed by atoms with Crippen molar-refractivity contribution in [3.05, 3.63) is 48.0 Å². The molecule has 0 aliphatic carbocycles. The number of rotatable bonds is 3. The summed E-state index contributed by atoms with van der Waals surface area (Å²) >= 11 is 0. The molecule has 2 N–H and O–H groups in total. The van der Waals surface area contributed by atoms with E-state index in [1.165, 1.54) is 0 Å². The molecule has 0 bridgehead atoms. The number of carbonyl (C=O) groups is 2. The van der Waals surface area contributed by atoms with E-state index in [1.54, 1.807) is 4.90 Å². The number of nitrogens with one attached hydrogen (secondary N) is 1. The van der Waals surface area contributed by atoms with Crippen LogP contribution >= 0.6 is 0 Å². The van der Waals surface area contributed by atoms with E-state index in [0.717, 1.165) is 65.0 Å². The van der Waals surface area contributed by atoms with Crippen LogP contribution in [-0.2, 0) is 13.6 Å². The first-order chi connectivity index (χ1) is 17.0. The lowest BCUT2D eigenvalue weighted by molar-refractivity contribution is 0.0692. The molecule has 2 aromatic heterocycles. The number of imidazole rings is 1. The summed E-state index contributed by atoms with van der Waals surface area (Å²) in [5.41, 5.74) is 4.39. The second-order valence-corrected chi connectivity index (χ2v) is 9.31. The SMILES string of the molecule is Cn1c(-c2cc3cccc4c3n2CCCO4)nc2cc(C(=O)N3CCCC(NC(=O)O)C3)ccc21. The number of aromatic nitrogens is 3. The normalized spacial score (nSPS) is 17.9. The van der Waals surface area contributed by atoms with Crippen molar-refractivity contribution >= 4 is 33.9 Å². The van der Waals surface area contributed by atoms with Gasteiger partial charge in [-0.2, -0.15) is 0 Å². The molecule has 1 saturated heterocycles. The number of fused-ring (bicyclic) bond motifs is 1. The van der Waals surface area contributed by atoms with Gasteiger partial charge in [-0.25, -0.2) is 9.78 Å². The van der Waals surface area contributed by atoms with Crippen molar-refractivity contribution < 1.29 is 19.4 Å². The number of benzene rings is 2. The Labute approximate surface area is 201 Å². The molecule has 6 rings (SSSR count). The molecule has 2 aliphatic rings. The predicted octanol–water partition coefficient (Wildman–Crippen LogP) is 3.85. The number of nitrogens with zero attached hydrogens (tertiary/aromatic N) is 4. The van der Waals surface area contributed by atoms with Crippen molar-refractivity contribution in [1.29, 1.82) is 0 Å². The standard InChI is InChI=1S/C26H27N5O4/c1-29-20-9-8-17(25(32)30-10-3-6-18(15-30)27-26(33)34)13-19(20)28-24(29)21-14-16-5-2-7-22-23(16)31(21)11-4-12-35-22/h2,5,7-9,13-14,18,27H,3-4,6,10-12,15H2,1H3,(H,33,34). The van der Waals surface area contributed by atoms with Crippen LogP contribution in [0.25, 0.3) is 33.5 Å². The van der Waals surface area contributed by atoms with Crippen LogP contribution < -0.4 is 10.1 Å². The number of likely N-dealkylation sites (tertiary alicyclic amines) is 1. The van der Waals surface area contributed by atoms with Crippen LogP contribution in [0.4, 0.5) is 4.79 Å². The molecule has 0 spiro atoms. The number of amides is 2. The summed E-state index contributed by atoms with van der Waals surface area (Å²) in [6.45, 7) is 2.53. The van der Waals surface area contributed by atoms with Gasteiger partial charge in [0, 0.05) is 43.7 Å². The molecule has 4 aromatic rings. The molecular formula is C26H27N5O4. The molecule has 35 heavy (non-hydrogen) atoms. The van der Waals surface area contributed by atoms with Crippen molar-refractivity contribution in [1.82, 2.24) is 24.3 Å². The summed E-state index contributed by atoms with van der Waals surface area (Å²) in [5.74, 6) is 1.64. The summed E-state index contributed by atoms with van der Waals surface area (Å²) in [6, 6.07) is 13.7. The molecule has 0 radical (unpaired) electrons. The van der Waals surface area contributed by atoms with E-state index in [4.69, 9.17) is 14.8 Å². The van der Waals surface area contributed by atoms with Crippen molar-refractivity contribution in [2.75, 3.05) is 19.7 Å². The van der Waals surface area contributed by atoms with Crippen LogP contribution in [0.5, 0.6) is 5.75 Å². The van der Waals surface area contributed by atoms with Crippen LogP contribution in [-0.4, -0.2) is 61.9 Å². The van der Waals surface area contributed by atoms with E-state index in [2.05, 4.69) is 26.6 Å². The maximum Gasteiger partial charge on any atom is 0.404 e. The van der Waals surface area contributed by atoms with Gasteiger partial charge in [0.25, 0.3) is 5.91 Å². The van der Waals surface area contributed by atoms with Gasteiger partial charge in [-0.1, -0.05) is 12.1 Å². The number of aryl methyl sites for hydroxylation is 2. The molecule has 2 amide bonds. The van der Waals surface area contributed by atoms with E-state index in [9.17, 15) is 9.59 Å². The zero-order valence-corrected chi connectivity index (χ0v) is 19.5. The monoisotopic (exact) mass is 473 g/mol. The average Bonchev–Trinajstić information content (AvgIpc) is 3.29. The Hall–Kier alpha value is -4.01. The third-order valence-corrected chi connectivity index (χ3v) is 7.06. The molecule has 2 aliphatic heterocycles. The van der Waals surface area contributed by atoms with Crippen LogP contribution in [0, 0.1) is 0 Å². The molecular weight excluding hydrogens is 446 g/mol. The molecule has 1 fully saturated rings. The first kappa shape index (κ1) is 21.5. The lowest BCUT2D eigenvalue weighted by Crippen LogP contribution is -2.49. The number of para-hydroxylation sites is 1. The van der Waals surface area contributed by atoms with E-state index >= 15 is 0 Å². The van der Waals surface area contributed by atoms with Gasteiger partial charge in [0.15, 0.2) is 5.82 Å². The molecule has 9 heteroatoms. The Morgan fingerprint density at radius 1 is 1.14 bits per heavy atom. The number of hydrogen-bond donors (Lipinski definition) is 2. The lowest BCUT2D eigenvalue weighted by atomic mass is 10.0.